The number of nitrogen functional groups attached to an aromatic ring is 1. The zero-order chi connectivity index (χ0) is 24.1. The first-order chi connectivity index (χ1) is 15.4. The van der Waals surface area contributed by atoms with Crippen LogP contribution in [0, 0.1) is 17.8 Å². The second kappa shape index (κ2) is 8.40. The van der Waals surface area contributed by atoms with E-state index in [4.69, 9.17) is 28.2 Å². The van der Waals surface area contributed by atoms with Gasteiger partial charge in [0.2, 0.25) is 0 Å². The van der Waals surface area contributed by atoms with E-state index < -0.39 is 8.32 Å². The van der Waals surface area contributed by atoms with E-state index in [1.807, 2.05) is 10.6 Å². The van der Waals surface area contributed by atoms with Gasteiger partial charge in [0.05, 0.1) is 0 Å². The minimum atomic E-state index is -1.95. The van der Waals surface area contributed by atoms with Crippen LogP contribution < -0.4 is 10.2 Å². The standard InChI is InChI=1S/C24H30ClN5OSeSi/c1-7-23(15-31-33(5,6)22(2,3)4)13-24(23,32-17-11-9-8-10-12-17)14-30-16-27-18-19(25)28-21(26)29-20(18)30/h1,8-12,16H,13-15H2,2-6H3,(H2,26,28,29). The van der Waals surface area contributed by atoms with Crippen molar-refractivity contribution in [2.75, 3.05) is 12.3 Å². The second-order valence-corrected chi connectivity index (χ2v) is 18.5. The number of hydrogen-bond acceptors (Lipinski definition) is 5. The van der Waals surface area contributed by atoms with Crippen molar-refractivity contribution in [1.82, 2.24) is 19.5 Å². The van der Waals surface area contributed by atoms with Crippen LogP contribution >= 0.6 is 11.6 Å². The second-order valence-electron chi connectivity index (χ2n) is 10.3. The van der Waals surface area contributed by atoms with E-state index in [1.54, 1.807) is 6.33 Å². The number of hydrogen-bond donors (Lipinski definition) is 1. The summed E-state index contributed by atoms with van der Waals surface area (Å²) in [4.78, 5) is 12.9. The van der Waals surface area contributed by atoms with Crippen LogP contribution in [0.5, 0.6) is 0 Å². The molecule has 174 valence electrons. The van der Waals surface area contributed by atoms with Crippen molar-refractivity contribution < 1.29 is 4.43 Å². The molecule has 2 N–H and O–H groups in total. The van der Waals surface area contributed by atoms with Crippen LogP contribution in [0.15, 0.2) is 36.7 Å². The van der Waals surface area contributed by atoms with E-state index in [9.17, 15) is 0 Å². The molecule has 6 nitrogen and oxygen atoms in total. The van der Waals surface area contributed by atoms with Gasteiger partial charge in [0, 0.05) is 0 Å². The molecule has 2 unspecified atom stereocenters. The molecule has 4 rings (SSSR count). The molecule has 2 heterocycles. The molecule has 33 heavy (non-hydrogen) atoms. The number of imidazole rings is 1. The number of rotatable bonds is 7. The van der Waals surface area contributed by atoms with Crippen molar-refractivity contribution >= 4 is 56.4 Å². The number of nitrogens with zero attached hydrogens (tertiary/aromatic N) is 4. The molecule has 1 fully saturated rings. The minimum absolute atomic E-state index is 0.121. The van der Waals surface area contributed by atoms with Gasteiger partial charge < -0.3 is 0 Å². The summed E-state index contributed by atoms with van der Waals surface area (Å²) < 4.78 is 9.87. The summed E-state index contributed by atoms with van der Waals surface area (Å²) in [6.07, 6.45) is 8.89. The van der Waals surface area contributed by atoms with Gasteiger partial charge in [0.25, 0.3) is 0 Å². The number of benzene rings is 1. The van der Waals surface area contributed by atoms with Crippen molar-refractivity contribution in [3.8, 4) is 12.3 Å². The fraction of sp³-hybridized carbons (Fsp3) is 0.458. The summed E-state index contributed by atoms with van der Waals surface area (Å²) in [6, 6.07) is 10.6. The molecular formula is C24H30ClN5OSeSi. The van der Waals surface area contributed by atoms with E-state index in [0.717, 1.165) is 6.42 Å². The summed E-state index contributed by atoms with van der Waals surface area (Å²) >= 11 is 6.39. The number of halogens is 1. The number of anilines is 1. The fourth-order valence-electron chi connectivity index (χ4n) is 3.77. The zero-order valence-corrected chi connectivity index (χ0v) is 23.2. The molecule has 0 amide bonds. The molecule has 0 saturated heterocycles. The van der Waals surface area contributed by atoms with Crippen LogP contribution in [0.1, 0.15) is 27.2 Å². The Morgan fingerprint density at radius 2 is 1.97 bits per heavy atom. The van der Waals surface area contributed by atoms with Crippen molar-refractivity contribution in [3.63, 3.8) is 0 Å². The number of nitrogens with two attached hydrogens (primary N) is 1. The molecule has 0 spiro atoms. The van der Waals surface area contributed by atoms with Gasteiger partial charge in [0.15, 0.2) is 0 Å². The monoisotopic (exact) mass is 547 g/mol. The predicted octanol–water partition coefficient (Wildman–Crippen LogP) is 4.30. The predicted molar refractivity (Wildman–Crippen MR) is 138 cm³/mol. The van der Waals surface area contributed by atoms with E-state index in [1.165, 1.54) is 4.46 Å². The molecule has 1 aliphatic carbocycles. The third kappa shape index (κ3) is 4.45. The summed E-state index contributed by atoms with van der Waals surface area (Å²) in [5.41, 5.74) is 6.74. The van der Waals surface area contributed by atoms with Crippen LogP contribution in [-0.2, 0) is 11.0 Å². The fourth-order valence-corrected chi connectivity index (χ4v) is 8.35. The average Bonchev–Trinajstić information content (AvgIpc) is 3.17. The quantitative estimate of drug-likeness (QED) is 0.272. The molecule has 0 radical (unpaired) electrons. The SMILES string of the molecule is C#CC1(CO[Si](C)(C)C(C)(C)C)CC1(Cn1cnc2c(Cl)nc(N)nc21)[Se]c1ccccc1. The van der Waals surface area contributed by atoms with Crippen LogP contribution in [0.25, 0.3) is 11.2 Å². The Labute approximate surface area is 208 Å². The molecular weight excluding hydrogens is 517 g/mol. The summed E-state index contributed by atoms with van der Waals surface area (Å²) in [5.74, 6) is 3.30. The van der Waals surface area contributed by atoms with Gasteiger partial charge >= 0.3 is 208 Å². The van der Waals surface area contributed by atoms with Gasteiger partial charge in [-0.05, 0) is 0 Å². The Morgan fingerprint density at radius 1 is 1.27 bits per heavy atom. The van der Waals surface area contributed by atoms with Crippen molar-refractivity contribution in [3.05, 3.63) is 41.8 Å². The molecule has 1 aromatic carbocycles. The zero-order valence-electron chi connectivity index (χ0n) is 19.7. The molecule has 0 aliphatic heterocycles. The van der Waals surface area contributed by atoms with E-state index in [0.29, 0.717) is 24.3 Å². The van der Waals surface area contributed by atoms with Crippen LogP contribution in [0.4, 0.5) is 5.95 Å². The van der Waals surface area contributed by atoms with Crippen molar-refractivity contribution in [1.29, 1.82) is 0 Å². The Hall–Kier alpha value is -1.88. The number of terminal acetylenes is 1. The Balaban J connectivity index is 1.70. The molecule has 3 aromatic rings. The third-order valence-electron chi connectivity index (χ3n) is 7.02. The van der Waals surface area contributed by atoms with E-state index >= 15 is 0 Å². The molecule has 9 heteroatoms. The molecule has 1 saturated carbocycles. The van der Waals surface area contributed by atoms with Gasteiger partial charge in [0.1, 0.15) is 0 Å². The molecule has 2 aromatic heterocycles. The Morgan fingerprint density at radius 3 is 2.61 bits per heavy atom. The molecule has 0 bridgehead atoms. The van der Waals surface area contributed by atoms with Gasteiger partial charge in [-0.25, -0.2) is 0 Å². The Bertz CT molecular complexity index is 1220. The normalized spacial score (nSPS) is 22.9. The number of fused-ring (bicyclic) bond motifs is 1. The van der Waals surface area contributed by atoms with E-state index in [2.05, 4.69) is 79.0 Å². The van der Waals surface area contributed by atoms with Gasteiger partial charge in [-0.2, -0.15) is 0 Å². The van der Waals surface area contributed by atoms with Gasteiger partial charge in [-0.15, -0.1) is 0 Å². The maximum absolute atomic E-state index is 6.66. The first-order valence-electron chi connectivity index (χ1n) is 10.9. The topological polar surface area (TPSA) is 78.8 Å². The van der Waals surface area contributed by atoms with Crippen LogP contribution in [0.3, 0.4) is 0 Å². The molecule has 2 atom stereocenters. The van der Waals surface area contributed by atoms with Crippen LogP contribution in [0.2, 0.25) is 27.6 Å². The average molecular weight is 547 g/mol. The van der Waals surface area contributed by atoms with Gasteiger partial charge in [-0.3, -0.25) is 0 Å². The van der Waals surface area contributed by atoms with Crippen molar-refractivity contribution in [2.24, 2.45) is 5.41 Å². The maximum atomic E-state index is 6.66. The van der Waals surface area contributed by atoms with Crippen LogP contribution in [-0.4, -0.2) is 49.4 Å². The first-order valence-corrected chi connectivity index (χ1v) is 15.9. The van der Waals surface area contributed by atoms with Crippen molar-refractivity contribution in [2.45, 2.75) is 56.2 Å². The Kier molecular flexibility index (Phi) is 6.18. The molecule has 1 aliphatic rings. The van der Waals surface area contributed by atoms with Gasteiger partial charge in [-0.1, -0.05) is 0 Å². The van der Waals surface area contributed by atoms with E-state index in [-0.39, 0.29) is 40.8 Å². The third-order valence-corrected chi connectivity index (χ3v) is 15.0. The summed E-state index contributed by atoms with van der Waals surface area (Å²) in [5, 5.41) is 0.385. The summed E-state index contributed by atoms with van der Waals surface area (Å²) in [7, 11) is -1.95. The number of aromatic nitrogens is 4. The summed E-state index contributed by atoms with van der Waals surface area (Å²) in [6.45, 7) is 12.5. The first kappa shape index (κ1) is 24.2.